The highest BCUT2D eigenvalue weighted by molar-refractivity contribution is 5.46. The van der Waals surface area contributed by atoms with Crippen molar-refractivity contribution in [1.82, 2.24) is 15.1 Å². The molecular formula is C19H27N3O3. The Morgan fingerprint density at radius 1 is 1.24 bits per heavy atom. The quantitative estimate of drug-likeness (QED) is 0.806. The zero-order valence-electron chi connectivity index (χ0n) is 15.4. The molecule has 2 heterocycles. The lowest BCUT2D eigenvalue weighted by atomic mass is 9.84. The van der Waals surface area contributed by atoms with Gasteiger partial charge in [0.1, 0.15) is 0 Å². The highest BCUT2D eigenvalue weighted by Gasteiger charge is 2.24. The summed E-state index contributed by atoms with van der Waals surface area (Å²) in [6.07, 6.45) is 0. The fourth-order valence-electron chi connectivity index (χ4n) is 3.22. The summed E-state index contributed by atoms with van der Waals surface area (Å²) in [4.78, 5) is 0. The van der Waals surface area contributed by atoms with Gasteiger partial charge in [0.2, 0.25) is 6.79 Å². The van der Waals surface area contributed by atoms with Gasteiger partial charge >= 0.3 is 0 Å². The first-order valence-corrected chi connectivity index (χ1v) is 8.67. The van der Waals surface area contributed by atoms with Gasteiger partial charge in [0.25, 0.3) is 0 Å². The molecule has 0 aliphatic carbocycles. The Balaban J connectivity index is 1.65. The normalized spacial score (nSPS) is 13.5. The zero-order chi connectivity index (χ0) is 18.0. The van der Waals surface area contributed by atoms with Crippen LogP contribution in [0, 0.1) is 13.8 Å². The lowest BCUT2D eigenvalue weighted by Gasteiger charge is -2.26. The van der Waals surface area contributed by atoms with Crippen molar-refractivity contribution < 1.29 is 14.6 Å². The second-order valence-corrected chi connectivity index (χ2v) is 7.15. The van der Waals surface area contributed by atoms with Crippen molar-refractivity contribution in [3.05, 3.63) is 40.7 Å². The van der Waals surface area contributed by atoms with Crippen molar-refractivity contribution in [3.63, 3.8) is 0 Å². The summed E-state index contributed by atoms with van der Waals surface area (Å²) in [6, 6.07) is 6.15. The predicted octanol–water partition coefficient (Wildman–Crippen LogP) is 2.29. The Kier molecular flexibility index (Phi) is 5.01. The molecule has 2 aromatic rings. The predicted molar refractivity (Wildman–Crippen MR) is 96.1 cm³/mol. The van der Waals surface area contributed by atoms with Crippen LogP contribution in [0.15, 0.2) is 18.2 Å². The number of aromatic nitrogens is 2. The first kappa shape index (κ1) is 17.8. The Labute approximate surface area is 148 Å². The summed E-state index contributed by atoms with van der Waals surface area (Å²) < 4.78 is 12.8. The Bertz CT molecular complexity index is 753. The molecule has 0 radical (unpaired) electrons. The average molecular weight is 345 g/mol. The molecule has 2 N–H and O–H groups in total. The molecule has 0 atom stereocenters. The summed E-state index contributed by atoms with van der Waals surface area (Å²) in [5.74, 6) is 1.64. The van der Waals surface area contributed by atoms with Crippen LogP contribution in [0.4, 0.5) is 0 Å². The highest BCUT2D eigenvalue weighted by atomic mass is 16.7. The third-order valence-corrected chi connectivity index (χ3v) is 4.87. The molecule has 0 spiro atoms. The smallest absolute Gasteiger partial charge is 0.231 e. The lowest BCUT2D eigenvalue weighted by molar-refractivity contribution is 0.174. The number of aryl methyl sites for hydroxylation is 1. The molecule has 0 saturated carbocycles. The van der Waals surface area contributed by atoms with Crippen LogP contribution in [0.1, 0.15) is 36.4 Å². The van der Waals surface area contributed by atoms with Crippen molar-refractivity contribution >= 4 is 0 Å². The molecule has 1 aromatic carbocycles. The fourth-order valence-corrected chi connectivity index (χ4v) is 3.22. The Morgan fingerprint density at radius 2 is 2.00 bits per heavy atom. The minimum Gasteiger partial charge on any atom is -0.454 e. The SMILES string of the molecule is Cc1nn(CCO)c(C)c1CNCC(C)(C)c1ccc2c(c1)OCO2. The van der Waals surface area contributed by atoms with E-state index in [0.717, 1.165) is 36.0 Å². The molecule has 0 saturated heterocycles. The highest BCUT2D eigenvalue weighted by Crippen LogP contribution is 2.36. The third-order valence-electron chi connectivity index (χ3n) is 4.87. The molecule has 1 aromatic heterocycles. The number of nitrogens with zero attached hydrogens (tertiary/aromatic N) is 2. The van der Waals surface area contributed by atoms with E-state index in [1.165, 1.54) is 11.1 Å². The minimum absolute atomic E-state index is 0.0378. The summed E-state index contributed by atoms with van der Waals surface area (Å²) in [5, 5.41) is 17.2. The molecular weight excluding hydrogens is 318 g/mol. The van der Waals surface area contributed by atoms with Crippen LogP contribution in [0.2, 0.25) is 0 Å². The van der Waals surface area contributed by atoms with E-state index in [-0.39, 0.29) is 12.0 Å². The molecule has 1 aliphatic rings. The van der Waals surface area contributed by atoms with Crippen LogP contribution in [-0.2, 0) is 18.5 Å². The fraction of sp³-hybridized carbons (Fsp3) is 0.526. The van der Waals surface area contributed by atoms with Gasteiger partial charge in [0.15, 0.2) is 11.5 Å². The number of rotatable bonds is 7. The number of benzene rings is 1. The molecule has 1 aliphatic heterocycles. The van der Waals surface area contributed by atoms with Gasteiger partial charge < -0.3 is 19.9 Å². The molecule has 3 rings (SSSR count). The van der Waals surface area contributed by atoms with Gasteiger partial charge in [-0.25, -0.2) is 0 Å². The average Bonchev–Trinajstić information content (AvgIpc) is 3.14. The summed E-state index contributed by atoms with van der Waals surface area (Å²) in [7, 11) is 0. The largest absolute Gasteiger partial charge is 0.454 e. The number of hydrogen-bond donors (Lipinski definition) is 2. The summed E-state index contributed by atoms with van der Waals surface area (Å²) in [6.45, 7) is 11.0. The number of nitrogens with one attached hydrogen (secondary N) is 1. The van der Waals surface area contributed by atoms with E-state index < -0.39 is 0 Å². The van der Waals surface area contributed by atoms with Gasteiger partial charge in [-0.3, -0.25) is 4.68 Å². The maximum Gasteiger partial charge on any atom is 0.231 e. The van der Waals surface area contributed by atoms with Gasteiger partial charge in [0, 0.05) is 29.8 Å². The zero-order valence-corrected chi connectivity index (χ0v) is 15.4. The van der Waals surface area contributed by atoms with Gasteiger partial charge in [-0.1, -0.05) is 19.9 Å². The number of hydrogen-bond acceptors (Lipinski definition) is 5. The van der Waals surface area contributed by atoms with E-state index in [2.05, 4.69) is 43.3 Å². The Morgan fingerprint density at radius 3 is 2.76 bits per heavy atom. The monoisotopic (exact) mass is 345 g/mol. The van der Waals surface area contributed by atoms with Crippen molar-refractivity contribution in [2.45, 2.75) is 46.2 Å². The van der Waals surface area contributed by atoms with Crippen LogP contribution >= 0.6 is 0 Å². The second kappa shape index (κ2) is 7.06. The number of aliphatic hydroxyl groups is 1. The number of fused-ring (bicyclic) bond motifs is 1. The van der Waals surface area contributed by atoms with E-state index in [4.69, 9.17) is 14.6 Å². The van der Waals surface area contributed by atoms with E-state index in [1.807, 2.05) is 17.7 Å². The van der Waals surface area contributed by atoms with E-state index in [1.54, 1.807) is 0 Å². The molecule has 136 valence electrons. The van der Waals surface area contributed by atoms with Crippen molar-refractivity contribution in [3.8, 4) is 11.5 Å². The molecule has 25 heavy (non-hydrogen) atoms. The lowest BCUT2D eigenvalue weighted by Crippen LogP contribution is -2.32. The molecule has 0 bridgehead atoms. The second-order valence-electron chi connectivity index (χ2n) is 7.15. The molecule has 0 unspecified atom stereocenters. The molecule has 6 heteroatoms. The van der Waals surface area contributed by atoms with Crippen LogP contribution in [0.25, 0.3) is 0 Å². The maximum absolute atomic E-state index is 9.12. The molecule has 0 amide bonds. The van der Waals surface area contributed by atoms with Gasteiger partial charge in [-0.2, -0.15) is 5.10 Å². The van der Waals surface area contributed by atoms with Crippen molar-refractivity contribution in [1.29, 1.82) is 0 Å². The Hall–Kier alpha value is -2.05. The first-order valence-electron chi connectivity index (χ1n) is 8.67. The minimum atomic E-state index is -0.0378. The summed E-state index contributed by atoms with van der Waals surface area (Å²) in [5.41, 5.74) is 4.51. The van der Waals surface area contributed by atoms with Crippen LogP contribution in [0.5, 0.6) is 11.5 Å². The van der Waals surface area contributed by atoms with Crippen molar-refractivity contribution in [2.75, 3.05) is 19.9 Å². The van der Waals surface area contributed by atoms with Crippen LogP contribution in [0.3, 0.4) is 0 Å². The molecule has 0 fully saturated rings. The first-order chi connectivity index (χ1) is 11.9. The van der Waals surface area contributed by atoms with Crippen LogP contribution in [-0.4, -0.2) is 34.8 Å². The standard InChI is InChI=1S/C19H27N3O3/c1-13-16(14(2)22(21-13)7-8-23)10-20-11-19(3,4)15-5-6-17-18(9-15)25-12-24-17/h5-6,9,20,23H,7-8,10-12H2,1-4H3. The van der Waals surface area contributed by atoms with Gasteiger partial charge in [0.05, 0.1) is 18.8 Å². The molecule has 6 nitrogen and oxygen atoms in total. The maximum atomic E-state index is 9.12. The topological polar surface area (TPSA) is 68.5 Å². The number of ether oxygens (including phenoxy) is 2. The van der Waals surface area contributed by atoms with Gasteiger partial charge in [-0.05, 0) is 31.5 Å². The van der Waals surface area contributed by atoms with Gasteiger partial charge in [-0.15, -0.1) is 0 Å². The summed E-state index contributed by atoms with van der Waals surface area (Å²) >= 11 is 0. The van der Waals surface area contributed by atoms with E-state index in [9.17, 15) is 0 Å². The van der Waals surface area contributed by atoms with E-state index in [0.29, 0.717) is 13.3 Å². The van der Waals surface area contributed by atoms with Crippen molar-refractivity contribution in [2.24, 2.45) is 0 Å². The number of aliphatic hydroxyl groups excluding tert-OH is 1. The van der Waals surface area contributed by atoms with E-state index >= 15 is 0 Å². The van der Waals surface area contributed by atoms with Crippen LogP contribution < -0.4 is 14.8 Å². The third kappa shape index (κ3) is 3.65.